The number of hydrogen-bond acceptors (Lipinski definition) is 4. The van der Waals surface area contributed by atoms with E-state index >= 15 is 0 Å². The van der Waals surface area contributed by atoms with Crippen LogP contribution < -0.4 is 16.0 Å². The first kappa shape index (κ1) is 16.8. The second kappa shape index (κ2) is 7.21. The van der Waals surface area contributed by atoms with Crippen LogP contribution in [0.4, 0.5) is 10.5 Å². The number of anilines is 1. The first-order valence-electron chi connectivity index (χ1n) is 8.02. The van der Waals surface area contributed by atoms with E-state index in [2.05, 4.69) is 16.0 Å². The van der Waals surface area contributed by atoms with E-state index in [-0.39, 0.29) is 24.2 Å². The van der Waals surface area contributed by atoms with Gasteiger partial charge in [0.25, 0.3) is 0 Å². The van der Waals surface area contributed by atoms with Gasteiger partial charge in [-0.25, -0.2) is 9.59 Å². The van der Waals surface area contributed by atoms with E-state index in [0.29, 0.717) is 5.69 Å². The number of carbonyl (C=O) groups excluding carboxylic acids is 3. The number of hydrogen-bond donors (Lipinski definition) is 3. The minimum atomic E-state index is -0.541. The molecule has 1 saturated carbocycles. The Kier molecular flexibility index (Phi) is 4.83. The molecule has 0 aliphatic heterocycles. The van der Waals surface area contributed by atoms with Gasteiger partial charge < -0.3 is 20.7 Å². The number of benzene rings is 2. The number of rotatable bonds is 5. The zero-order valence-corrected chi connectivity index (χ0v) is 13.8. The van der Waals surface area contributed by atoms with Crippen molar-refractivity contribution in [1.29, 1.82) is 0 Å². The van der Waals surface area contributed by atoms with Crippen molar-refractivity contribution in [3.05, 3.63) is 42.0 Å². The molecule has 3 N–H and O–H groups in total. The van der Waals surface area contributed by atoms with Crippen molar-refractivity contribution in [2.75, 3.05) is 19.0 Å². The van der Waals surface area contributed by atoms with Gasteiger partial charge in [0.05, 0.1) is 24.9 Å². The summed E-state index contributed by atoms with van der Waals surface area (Å²) in [5, 5.41) is 9.63. The average Bonchev–Trinajstić information content (AvgIpc) is 3.42. The van der Waals surface area contributed by atoms with Crippen LogP contribution in [-0.2, 0) is 9.53 Å². The normalized spacial score (nSPS) is 13.2. The standard InChI is InChI=1S/C18H19N3O4/c1-25-17(23)14-8-11-4-2-3-5-12(11)9-15(14)21-16(22)10-19-18(24)20-13-6-7-13/h2-5,8-9,13H,6-7,10H2,1H3,(H,21,22)(H2,19,20,24). The molecular weight excluding hydrogens is 322 g/mol. The van der Waals surface area contributed by atoms with E-state index in [1.165, 1.54) is 7.11 Å². The van der Waals surface area contributed by atoms with Gasteiger partial charge in [-0.1, -0.05) is 24.3 Å². The third-order valence-electron chi connectivity index (χ3n) is 3.89. The molecule has 0 radical (unpaired) electrons. The highest BCUT2D eigenvalue weighted by atomic mass is 16.5. The Labute approximate surface area is 144 Å². The molecule has 2 aromatic carbocycles. The third-order valence-corrected chi connectivity index (χ3v) is 3.89. The highest BCUT2D eigenvalue weighted by Gasteiger charge is 2.23. The first-order valence-corrected chi connectivity index (χ1v) is 8.02. The van der Waals surface area contributed by atoms with Crippen LogP contribution in [0.5, 0.6) is 0 Å². The van der Waals surface area contributed by atoms with Gasteiger partial charge in [-0.3, -0.25) is 4.79 Å². The lowest BCUT2D eigenvalue weighted by Gasteiger charge is -2.12. The van der Waals surface area contributed by atoms with Gasteiger partial charge in [0.1, 0.15) is 0 Å². The van der Waals surface area contributed by atoms with E-state index in [0.717, 1.165) is 23.6 Å². The number of amides is 3. The maximum atomic E-state index is 12.1. The SMILES string of the molecule is COC(=O)c1cc2ccccc2cc1NC(=O)CNC(=O)NC1CC1. The van der Waals surface area contributed by atoms with Crippen LogP contribution in [0.25, 0.3) is 10.8 Å². The van der Waals surface area contributed by atoms with E-state index < -0.39 is 11.9 Å². The van der Waals surface area contributed by atoms with Crippen LogP contribution in [0, 0.1) is 0 Å². The molecule has 0 spiro atoms. The van der Waals surface area contributed by atoms with Gasteiger partial charge in [0, 0.05) is 6.04 Å². The Morgan fingerprint density at radius 2 is 1.80 bits per heavy atom. The average molecular weight is 341 g/mol. The minimum absolute atomic E-state index is 0.188. The number of nitrogens with one attached hydrogen (secondary N) is 3. The Bertz CT molecular complexity index is 830. The molecule has 0 saturated heterocycles. The Balaban J connectivity index is 1.72. The lowest BCUT2D eigenvalue weighted by Crippen LogP contribution is -2.41. The molecule has 7 nitrogen and oxygen atoms in total. The van der Waals surface area contributed by atoms with Crippen molar-refractivity contribution in [2.45, 2.75) is 18.9 Å². The number of methoxy groups -OCH3 is 1. The molecule has 2 aromatic rings. The van der Waals surface area contributed by atoms with Gasteiger partial charge in [-0.15, -0.1) is 0 Å². The molecule has 3 rings (SSSR count). The van der Waals surface area contributed by atoms with Crippen molar-refractivity contribution in [3.63, 3.8) is 0 Å². The van der Waals surface area contributed by atoms with Crippen molar-refractivity contribution in [1.82, 2.24) is 10.6 Å². The van der Waals surface area contributed by atoms with Crippen LogP contribution in [0.2, 0.25) is 0 Å². The van der Waals surface area contributed by atoms with E-state index in [1.54, 1.807) is 12.1 Å². The molecule has 1 fully saturated rings. The second-order valence-electron chi connectivity index (χ2n) is 5.89. The van der Waals surface area contributed by atoms with Crippen LogP contribution in [-0.4, -0.2) is 37.6 Å². The molecule has 0 aromatic heterocycles. The summed E-state index contributed by atoms with van der Waals surface area (Å²) >= 11 is 0. The lowest BCUT2D eigenvalue weighted by molar-refractivity contribution is -0.115. The maximum absolute atomic E-state index is 12.1. The largest absolute Gasteiger partial charge is 0.465 e. The molecule has 25 heavy (non-hydrogen) atoms. The summed E-state index contributed by atoms with van der Waals surface area (Å²) < 4.78 is 4.79. The van der Waals surface area contributed by atoms with Crippen LogP contribution in [0.3, 0.4) is 0 Å². The summed E-state index contributed by atoms with van der Waals surface area (Å²) in [5.41, 5.74) is 0.608. The van der Waals surface area contributed by atoms with E-state index in [1.807, 2.05) is 24.3 Å². The molecule has 0 unspecified atom stereocenters. The van der Waals surface area contributed by atoms with Gasteiger partial charge in [0.2, 0.25) is 5.91 Å². The van der Waals surface area contributed by atoms with Crippen molar-refractivity contribution in [2.24, 2.45) is 0 Å². The Morgan fingerprint density at radius 1 is 1.12 bits per heavy atom. The Morgan fingerprint density at radius 3 is 2.44 bits per heavy atom. The van der Waals surface area contributed by atoms with E-state index in [9.17, 15) is 14.4 Å². The fourth-order valence-corrected chi connectivity index (χ4v) is 2.44. The number of esters is 1. The monoisotopic (exact) mass is 341 g/mol. The minimum Gasteiger partial charge on any atom is -0.465 e. The summed E-state index contributed by atoms with van der Waals surface area (Å²) in [6.45, 7) is -0.188. The molecular formula is C18H19N3O4. The first-order chi connectivity index (χ1) is 12.1. The van der Waals surface area contributed by atoms with Gasteiger partial charge >= 0.3 is 12.0 Å². The van der Waals surface area contributed by atoms with Crippen molar-refractivity contribution >= 4 is 34.4 Å². The zero-order valence-electron chi connectivity index (χ0n) is 13.8. The maximum Gasteiger partial charge on any atom is 0.339 e. The van der Waals surface area contributed by atoms with Crippen LogP contribution in [0.15, 0.2) is 36.4 Å². The fourth-order valence-electron chi connectivity index (χ4n) is 2.44. The van der Waals surface area contributed by atoms with Gasteiger partial charge in [0.15, 0.2) is 0 Å². The quantitative estimate of drug-likeness (QED) is 0.725. The third kappa shape index (κ3) is 4.26. The summed E-state index contributed by atoms with van der Waals surface area (Å²) in [4.78, 5) is 35.7. The summed E-state index contributed by atoms with van der Waals surface area (Å²) in [6.07, 6.45) is 1.94. The molecule has 0 heterocycles. The fraction of sp³-hybridized carbons (Fsp3) is 0.278. The van der Waals surface area contributed by atoms with E-state index in [4.69, 9.17) is 4.74 Å². The molecule has 7 heteroatoms. The molecule has 130 valence electrons. The smallest absolute Gasteiger partial charge is 0.339 e. The molecule has 0 bridgehead atoms. The predicted octanol–water partition coefficient (Wildman–Crippen LogP) is 2.03. The predicted molar refractivity (Wildman–Crippen MR) is 93.5 cm³/mol. The van der Waals surface area contributed by atoms with Crippen LogP contribution >= 0.6 is 0 Å². The highest BCUT2D eigenvalue weighted by Crippen LogP contribution is 2.25. The van der Waals surface area contributed by atoms with Crippen LogP contribution in [0.1, 0.15) is 23.2 Å². The highest BCUT2D eigenvalue weighted by molar-refractivity contribution is 6.06. The topological polar surface area (TPSA) is 96.5 Å². The lowest BCUT2D eigenvalue weighted by atomic mass is 10.0. The molecule has 1 aliphatic carbocycles. The number of carbonyl (C=O) groups is 3. The Hall–Kier alpha value is -3.09. The van der Waals surface area contributed by atoms with Crippen molar-refractivity contribution in [3.8, 4) is 0 Å². The molecule has 0 atom stereocenters. The number of urea groups is 1. The number of ether oxygens (including phenoxy) is 1. The second-order valence-corrected chi connectivity index (χ2v) is 5.89. The molecule has 1 aliphatic rings. The van der Waals surface area contributed by atoms with Gasteiger partial charge in [-0.05, 0) is 35.7 Å². The molecule has 3 amide bonds. The number of fused-ring (bicyclic) bond motifs is 1. The summed E-state index contributed by atoms with van der Waals surface area (Å²) in [5.74, 6) is -0.966. The summed E-state index contributed by atoms with van der Waals surface area (Å²) in [6, 6.07) is 10.7. The van der Waals surface area contributed by atoms with Gasteiger partial charge in [-0.2, -0.15) is 0 Å². The summed E-state index contributed by atoms with van der Waals surface area (Å²) in [7, 11) is 1.28. The van der Waals surface area contributed by atoms with Crippen molar-refractivity contribution < 1.29 is 19.1 Å². The zero-order chi connectivity index (χ0) is 17.8.